The third-order valence-electron chi connectivity index (χ3n) is 6.69. The van der Waals surface area contributed by atoms with Crippen LogP contribution in [0.15, 0.2) is 54.9 Å². The van der Waals surface area contributed by atoms with Crippen molar-refractivity contribution in [3.05, 3.63) is 66.0 Å². The first-order valence-corrected chi connectivity index (χ1v) is 11.3. The van der Waals surface area contributed by atoms with E-state index in [9.17, 15) is 5.11 Å². The summed E-state index contributed by atoms with van der Waals surface area (Å²) < 4.78 is 0. The normalized spacial score (nSPS) is 22.2. The molecular formula is C24H26N6O3. The summed E-state index contributed by atoms with van der Waals surface area (Å²) in [6, 6.07) is 16.3. The molecule has 3 aliphatic heterocycles. The number of piperidine rings is 1. The fourth-order valence-corrected chi connectivity index (χ4v) is 4.99. The Kier molecular flexibility index (Phi) is 5.21. The van der Waals surface area contributed by atoms with Crippen molar-refractivity contribution < 1.29 is 14.8 Å². The Morgan fingerprint density at radius 3 is 2.85 bits per heavy atom. The average molecular weight is 447 g/mol. The second-order valence-electron chi connectivity index (χ2n) is 8.67. The van der Waals surface area contributed by atoms with E-state index in [1.54, 1.807) is 0 Å². The molecule has 4 heterocycles. The molecule has 0 amide bonds. The number of β-amino-alcohol motifs (C(OH)–C–C–N with tert-alkyl or cyclic N) is 1. The lowest BCUT2D eigenvalue weighted by atomic mass is 9.94. The van der Waals surface area contributed by atoms with Crippen LogP contribution >= 0.6 is 0 Å². The molecule has 0 saturated carbocycles. The number of aliphatic hydroxyl groups is 1. The maximum Gasteiger partial charge on any atom is 0.219 e. The van der Waals surface area contributed by atoms with Crippen LogP contribution in [0.2, 0.25) is 0 Å². The zero-order valence-electron chi connectivity index (χ0n) is 18.1. The van der Waals surface area contributed by atoms with Crippen molar-refractivity contribution in [3.8, 4) is 11.5 Å². The van der Waals surface area contributed by atoms with Gasteiger partial charge in [-0.1, -0.05) is 30.3 Å². The Bertz CT molecular complexity index is 1160. The van der Waals surface area contributed by atoms with Gasteiger partial charge in [-0.2, -0.15) is 0 Å². The highest BCUT2D eigenvalue weighted by Crippen LogP contribution is 2.38. The first-order valence-electron chi connectivity index (χ1n) is 11.3. The quantitative estimate of drug-likeness (QED) is 0.558. The van der Waals surface area contributed by atoms with Gasteiger partial charge in [-0.25, -0.2) is 9.97 Å². The smallest absolute Gasteiger partial charge is 0.219 e. The molecule has 2 atom stereocenters. The highest BCUT2D eigenvalue weighted by Gasteiger charge is 2.34. The van der Waals surface area contributed by atoms with Crippen molar-refractivity contribution in [1.29, 1.82) is 0 Å². The van der Waals surface area contributed by atoms with Gasteiger partial charge in [0.15, 0.2) is 5.75 Å². The summed E-state index contributed by atoms with van der Waals surface area (Å²) in [5.41, 5.74) is 5.95. The van der Waals surface area contributed by atoms with Gasteiger partial charge in [0.2, 0.25) is 5.75 Å². The second-order valence-corrected chi connectivity index (χ2v) is 8.67. The van der Waals surface area contributed by atoms with Crippen molar-refractivity contribution in [2.45, 2.75) is 31.5 Å². The summed E-state index contributed by atoms with van der Waals surface area (Å²) in [7, 11) is 0. The molecule has 3 aromatic rings. The van der Waals surface area contributed by atoms with Crippen LogP contribution in [0.3, 0.4) is 0 Å². The number of rotatable bonds is 4. The number of anilines is 3. The van der Waals surface area contributed by atoms with Crippen LogP contribution < -0.4 is 25.5 Å². The van der Waals surface area contributed by atoms with Gasteiger partial charge < -0.3 is 25.0 Å². The lowest BCUT2D eigenvalue weighted by Gasteiger charge is -2.43. The van der Waals surface area contributed by atoms with Gasteiger partial charge in [-0.3, -0.25) is 4.90 Å². The van der Waals surface area contributed by atoms with Crippen LogP contribution in [-0.4, -0.2) is 51.8 Å². The molecule has 1 aromatic heterocycles. The van der Waals surface area contributed by atoms with Crippen molar-refractivity contribution in [1.82, 2.24) is 20.5 Å². The van der Waals surface area contributed by atoms with Crippen LogP contribution in [0.5, 0.6) is 11.5 Å². The molecule has 0 bridgehead atoms. The van der Waals surface area contributed by atoms with Gasteiger partial charge in [-0.05, 0) is 36.1 Å². The minimum absolute atomic E-state index is 0.158. The number of nitrogens with zero attached hydrogens (tertiary/aromatic N) is 4. The van der Waals surface area contributed by atoms with Gasteiger partial charge in [-0.15, -0.1) is 0 Å². The van der Waals surface area contributed by atoms with Gasteiger partial charge in [0.25, 0.3) is 0 Å². The van der Waals surface area contributed by atoms with E-state index < -0.39 is 6.10 Å². The first-order chi connectivity index (χ1) is 16.2. The van der Waals surface area contributed by atoms with Crippen LogP contribution in [0, 0.1) is 0 Å². The number of aromatic nitrogens is 2. The van der Waals surface area contributed by atoms with Crippen LogP contribution in [0.25, 0.3) is 0 Å². The third-order valence-corrected chi connectivity index (χ3v) is 6.69. The van der Waals surface area contributed by atoms with Crippen molar-refractivity contribution in [3.63, 3.8) is 0 Å². The molecule has 9 heteroatoms. The van der Waals surface area contributed by atoms with Crippen molar-refractivity contribution in [2.75, 3.05) is 29.9 Å². The van der Waals surface area contributed by atoms with E-state index in [2.05, 4.69) is 55.0 Å². The molecule has 3 aliphatic rings. The average Bonchev–Trinajstić information content (AvgIpc) is 3.34. The van der Waals surface area contributed by atoms with E-state index >= 15 is 0 Å². The number of benzene rings is 2. The molecule has 3 N–H and O–H groups in total. The summed E-state index contributed by atoms with van der Waals surface area (Å²) >= 11 is 0. The van der Waals surface area contributed by atoms with E-state index in [1.807, 2.05) is 24.3 Å². The zero-order chi connectivity index (χ0) is 22.2. The Labute approximate surface area is 191 Å². The van der Waals surface area contributed by atoms with Crippen molar-refractivity contribution >= 4 is 17.3 Å². The highest BCUT2D eigenvalue weighted by molar-refractivity contribution is 5.70. The van der Waals surface area contributed by atoms with E-state index in [1.165, 1.54) is 17.5 Å². The molecule has 6 rings (SSSR count). The van der Waals surface area contributed by atoms with Gasteiger partial charge in [0, 0.05) is 43.9 Å². The summed E-state index contributed by atoms with van der Waals surface area (Å²) in [6.45, 7) is 3.27. The maximum atomic E-state index is 11.0. The minimum Gasteiger partial charge on any atom is -0.390 e. The van der Waals surface area contributed by atoms with Crippen LogP contribution in [0.1, 0.15) is 17.5 Å². The Morgan fingerprint density at radius 2 is 1.94 bits per heavy atom. The predicted octanol–water partition coefficient (Wildman–Crippen LogP) is 2.41. The molecule has 170 valence electrons. The second kappa shape index (κ2) is 8.51. The van der Waals surface area contributed by atoms with E-state index in [-0.39, 0.29) is 6.04 Å². The first kappa shape index (κ1) is 20.2. The lowest BCUT2D eigenvalue weighted by Crippen LogP contribution is -2.55. The number of hydrogen-bond acceptors (Lipinski definition) is 9. The number of hydrogen-bond donors (Lipinski definition) is 3. The third kappa shape index (κ3) is 3.95. The summed E-state index contributed by atoms with van der Waals surface area (Å²) in [4.78, 5) is 23.9. The standard InChI is InChI=1S/C24H26N6O3/c31-20-14-30(11-9-19(20)29-10-8-16-4-1-2-5-17(16)13-29)23-12-22(25-15-26-23)27-18-6-3-7-21-24(18)33-28-32-21/h1-7,12,15,19-20,28,31H,8-11,13-14H2,(H,25,26,27)/t19-,20-/m1/s1. The van der Waals surface area contributed by atoms with Gasteiger partial charge in [0.05, 0.1) is 11.8 Å². The van der Waals surface area contributed by atoms with E-state index in [4.69, 9.17) is 9.68 Å². The lowest BCUT2D eigenvalue weighted by molar-refractivity contribution is 0.0263. The number of fused-ring (bicyclic) bond motifs is 2. The maximum absolute atomic E-state index is 11.0. The largest absolute Gasteiger partial charge is 0.390 e. The van der Waals surface area contributed by atoms with Crippen LogP contribution in [-0.2, 0) is 13.0 Å². The molecule has 2 aromatic carbocycles. The fraction of sp³-hybridized carbons (Fsp3) is 0.333. The number of aliphatic hydroxyl groups excluding tert-OH is 1. The molecule has 0 spiro atoms. The number of nitrogens with one attached hydrogen (secondary N) is 2. The summed E-state index contributed by atoms with van der Waals surface area (Å²) in [5.74, 6) is 2.63. The molecule has 1 saturated heterocycles. The highest BCUT2D eigenvalue weighted by atomic mass is 16.9. The van der Waals surface area contributed by atoms with E-state index in [0.29, 0.717) is 23.9 Å². The molecule has 0 unspecified atom stereocenters. The van der Waals surface area contributed by atoms with E-state index in [0.717, 1.165) is 44.0 Å². The predicted molar refractivity (Wildman–Crippen MR) is 123 cm³/mol. The molecule has 0 aliphatic carbocycles. The molecular weight excluding hydrogens is 420 g/mol. The summed E-state index contributed by atoms with van der Waals surface area (Å²) in [5, 5.41) is 14.3. The molecule has 9 nitrogen and oxygen atoms in total. The Morgan fingerprint density at radius 1 is 1.03 bits per heavy atom. The fourth-order valence-electron chi connectivity index (χ4n) is 4.99. The monoisotopic (exact) mass is 446 g/mol. The van der Waals surface area contributed by atoms with Crippen molar-refractivity contribution in [2.24, 2.45) is 0 Å². The summed E-state index contributed by atoms with van der Waals surface area (Å²) in [6.07, 6.45) is 3.03. The molecule has 33 heavy (non-hydrogen) atoms. The Hall–Kier alpha value is -3.40. The Balaban J connectivity index is 1.13. The van der Waals surface area contributed by atoms with Gasteiger partial charge in [0.1, 0.15) is 18.0 Å². The number of para-hydroxylation sites is 1. The molecule has 1 fully saturated rings. The van der Waals surface area contributed by atoms with Gasteiger partial charge >= 0.3 is 0 Å². The molecule has 0 radical (unpaired) electrons. The van der Waals surface area contributed by atoms with Crippen LogP contribution in [0.4, 0.5) is 17.3 Å². The SMILES string of the molecule is O[C@@H]1CN(c2cc(Nc3cccc4c3ONO4)ncn2)CC[C@H]1N1CCc2ccccc2C1. The minimum atomic E-state index is -0.440. The zero-order valence-corrected chi connectivity index (χ0v) is 18.1. The topological polar surface area (TPSA) is 95.0 Å².